The zero-order valence-electron chi connectivity index (χ0n) is 8.60. The second kappa shape index (κ2) is 4.63. The molecule has 84 valence electrons. The lowest BCUT2D eigenvalue weighted by Crippen LogP contribution is -2.29. The molecule has 0 aliphatic heterocycles. The van der Waals surface area contributed by atoms with Crippen LogP contribution < -0.4 is 5.43 Å². The van der Waals surface area contributed by atoms with Gasteiger partial charge in [0, 0.05) is 20.6 Å². The third-order valence-electron chi connectivity index (χ3n) is 1.85. The van der Waals surface area contributed by atoms with Crippen molar-refractivity contribution in [2.45, 2.75) is 12.7 Å². The minimum atomic E-state index is -4.27. The van der Waals surface area contributed by atoms with Crippen molar-refractivity contribution < 1.29 is 13.2 Å². The molecule has 1 aromatic carbocycles. The minimum absolute atomic E-state index is 0.386. The molecule has 0 radical (unpaired) electrons. The maximum Gasteiger partial charge on any atom is 0.416 e. The van der Waals surface area contributed by atoms with Crippen LogP contribution in [0, 0.1) is 0 Å². The first kappa shape index (κ1) is 12.0. The SMILES string of the molecule is CN(C)NCc1cccc(C(F)(F)F)c1. The molecule has 0 fully saturated rings. The highest BCUT2D eigenvalue weighted by Gasteiger charge is 2.30. The van der Waals surface area contributed by atoms with Crippen molar-refractivity contribution in [3.8, 4) is 0 Å². The van der Waals surface area contributed by atoms with E-state index in [1.165, 1.54) is 6.07 Å². The smallest absolute Gasteiger partial charge is 0.251 e. The van der Waals surface area contributed by atoms with E-state index in [0.29, 0.717) is 12.1 Å². The molecule has 1 N–H and O–H groups in total. The highest BCUT2D eigenvalue weighted by Crippen LogP contribution is 2.29. The summed E-state index contributed by atoms with van der Waals surface area (Å²) in [6.07, 6.45) is -4.27. The van der Waals surface area contributed by atoms with Gasteiger partial charge in [0.15, 0.2) is 0 Å². The summed E-state index contributed by atoms with van der Waals surface area (Å²) in [6.45, 7) is 0.386. The topological polar surface area (TPSA) is 15.3 Å². The summed E-state index contributed by atoms with van der Waals surface area (Å²) in [6, 6.07) is 5.29. The molecule has 0 bridgehead atoms. The number of alkyl halides is 3. The van der Waals surface area contributed by atoms with E-state index >= 15 is 0 Å². The van der Waals surface area contributed by atoms with E-state index in [4.69, 9.17) is 0 Å². The van der Waals surface area contributed by atoms with Crippen molar-refractivity contribution in [2.75, 3.05) is 14.1 Å². The molecule has 0 saturated carbocycles. The van der Waals surface area contributed by atoms with Crippen LogP contribution in [0.5, 0.6) is 0 Å². The molecule has 0 atom stereocenters. The van der Waals surface area contributed by atoms with Gasteiger partial charge in [0.25, 0.3) is 0 Å². The number of hydrazine groups is 1. The van der Waals surface area contributed by atoms with Gasteiger partial charge in [0.2, 0.25) is 0 Å². The maximum absolute atomic E-state index is 12.3. The number of hydrogen-bond donors (Lipinski definition) is 1. The van der Waals surface area contributed by atoms with Gasteiger partial charge in [-0.15, -0.1) is 0 Å². The van der Waals surface area contributed by atoms with Gasteiger partial charge in [-0.3, -0.25) is 10.4 Å². The predicted molar refractivity (Wildman–Crippen MR) is 52.0 cm³/mol. The molecular weight excluding hydrogens is 205 g/mol. The Bertz CT molecular complexity index is 321. The summed E-state index contributed by atoms with van der Waals surface area (Å²) >= 11 is 0. The molecule has 1 rings (SSSR count). The van der Waals surface area contributed by atoms with Crippen LogP contribution in [0.4, 0.5) is 13.2 Å². The second-order valence-corrected chi connectivity index (χ2v) is 3.43. The van der Waals surface area contributed by atoms with Crippen molar-refractivity contribution in [3.05, 3.63) is 35.4 Å². The second-order valence-electron chi connectivity index (χ2n) is 3.43. The Kier molecular flexibility index (Phi) is 3.71. The Balaban J connectivity index is 2.75. The third kappa shape index (κ3) is 3.89. The Morgan fingerprint density at radius 2 is 1.93 bits per heavy atom. The first-order valence-electron chi connectivity index (χ1n) is 4.46. The molecule has 15 heavy (non-hydrogen) atoms. The monoisotopic (exact) mass is 218 g/mol. The third-order valence-corrected chi connectivity index (χ3v) is 1.85. The van der Waals surface area contributed by atoms with Crippen LogP contribution in [0.1, 0.15) is 11.1 Å². The van der Waals surface area contributed by atoms with Gasteiger partial charge in [0.1, 0.15) is 0 Å². The standard InChI is InChI=1S/C10H13F3N2/c1-15(2)14-7-8-4-3-5-9(6-8)10(11,12)13/h3-6,14H,7H2,1-2H3. The van der Waals surface area contributed by atoms with Crippen LogP contribution in [-0.4, -0.2) is 19.1 Å². The number of benzene rings is 1. The highest BCUT2D eigenvalue weighted by molar-refractivity contribution is 5.25. The molecule has 0 aromatic heterocycles. The van der Waals surface area contributed by atoms with Crippen molar-refractivity contribution in [1.29, 1.82) is 0 Å². The molecule has 5 heteroatoms. The lowest BCUT2D eigenvalue weighted by molar-refractivity contribution is -0.137. The molecule has 0 heterocycles. The number of halogens is 3. The largest absolute Gasteiger partial charge is 0.416 e. The summed E-state index contributed by atoms with van der Waals surface area (Å²) in [5.41, 5.74) is 2.91. The van der Waals surface area contributed by atoms with Crippen LogP contribution >= 0.6 is 0 Å². The molecule has 0 unspecified atom stereocenters. The lowest BCUT2D eigenvalue weighted by Gasteiger charge is -2.13. The molecule has 2 nitrogen and oxygen atoms in total. The molecule has 0 spiro atoms. The van der Waals surface area contributed by atoms with Gasteiger partial charge in [-0.1, -0.05) is 18.2 Å². The molecule has 0 amide bonds. The van der Waals surface area contributed by atoms with E-state index in [1.807, 2.05) is 0 Å². The van der Waals surface area contributed by atoms with Gasteiger partial charge in [-0.25, -0.2) is 0 Å². The van der Waals surface area contributed by atoms with E-state index < -0.39 is 11.7 Å². The average Bonchev–Trinajstić information content (AvgIpc) is 2.14. The fourth-order valence-electron chi connectivity index (χ4n) is 1.11. The normalized spacial score (nSPS) is 12.1. The number of nitrogens with one attached hydrogen (secondary N) is 1. The summed E-state index contributed by atoms with van der Waals surface area (Å²) in [4.78, 5) is 0. The van der Waals surface area contributed by atoms with Crippen LogP contribution in [0.15, 0.2) is 24.3 Å². The molecular formula is C10H13F3N2. The fourth-order valence-corrected chi connectivity index (χ4v) is 1.11. The number of rotatable bonds is 3. The summed E-state index contributed by atoms with van der Waals surface area (Å²) in [7, 11) is 3.57. The van der Waals surface area contributed by atoms with Gasteiger partial charge in [-0.05, 0) is 11.6 Å². The van der Waals surface area contributed by atoms with E-state index in [1.54, 1.807) is 25.2 Å². The Morgan fingerprint density at radius 1 is 1.27 bits per heavy atom. The molecule has 0 aliphatic rings. The van der Waals surface area contributed by atoms with Crippen molar-refractivity contribution in [2.24, 2.45) is 0 Å². The molecule has 0 saturated heterocycles. The summed E-state index contributed by atoms with van der Waals surface area (Å²) < 4.78 is 37.0. The van der Waals surface area contributed by atoms with E-state index in [2.05, 4.69) is 5.43 Å². The number of hydrogen-bond acceptors (Lipinski definition) is 2. The maximum atomic E-state index is 12.3. The first-order valence-corrected chi connectivity index (χ1v) is 4.46. The van der Waals surface area contributed by atoms with Crippen LogP contribution in [0.3, 0.4) is 0 Å². The average molecular weight is 218 g/mol. The predicted octanol–water partition coefficient (Wildman–Crippen LogP) is 2.27. The minimum Gasteiger partial charge on any atom is -0.251 e. The fraction of sp³-hybridized carbons (Fsp3) is 0.400. The van der Waals surface area contributed by atoms with Crippen molar-refractivity contribution in [3.63, 3.8) is 0 Å². The van der Waals surface area contributed by atoms with Crippen LogP contribution in [0.25, 0.3) is 0 Å². The van der Waals surface area contributed by atoms with Gasteiger partial charge >= 0.3 is 6.18 Å². The van der Waals surface area contributed by atoms with Crippen LogP contribution in [-0.2, 0) is 12.7 Å². The van der Waals surface area contributed by atoms with E-state index in [-0.39, 0.29) is 0 Å². The Morgan fingerprint density at radius 3 is 2.47 bits per heavy atom. The van der Waals surface area contributed by atoms with Gasteiger partial charge in [0.05, 0.1) is 5.56 Å². The molecule has 1 aromatic rings. The highest BCUT2D eigenvalue weighted by atomic mass is 19.4. The van der Waals surface area contributed by atoms with Crippen LogP contribution in [0.2, 0.25) is 0 Å². The number of nitrogens with zero attached hydrogens (tertiary/aromatic N) is 1. The zero-order valence-corrected chi connectivity index (χ0v) is 8.60. The van der Waals surface area contributed by atoms with Gasteiger partial charge < -0.3 is 0 Å². The van der Waals surface area contributed by atoms with E-state index in [9.17, 15) is 13.2 Å². The van der Waals surface area contributed by atoms with E-state index in [0.717, 1.165) is 12.1 Å². The summed E-state index contributed by atoms with van der Waals surface area (Å²) in [5, 5.41) is 1.69. The van der Waals surface area contributed by atoms with Crippen molar-refractivity contribution >= 4 is 0 Å². The Hall–Kier alpha value is -1.07. The molecule has 0 aliphatic carbocycles. The van der Waals surface area contributed by atoms with Crippen molar-refractivity contribution in [1.82, 2.24) is 10.4 Å². The first-order chi connectivity index (χ1) is 6.89. The quantitative estimate of drug-likeness (QED) is 0.783. The Labute approximate surface area is 86.7 Å². The zero-order chi connectivity index (χ0) is 11.5. The summed E-state index contributed by atoms with van der Waals surface area (Å²) in [5.74, 6) is 0. The lowest BCUT2D eigenvalue weighted by atomic mass is 10.1. The van der Waals surface area contributed by atoms with Gasteiger partial charge in [-0.2, -0.15) is 13.2 Å².